The minimum Gasteiger partial charge on any atom is -0.431 e. The Balaban J connectivity index is 1.68. The molecule has 0 saturated heterocycles. The van der Waals surface area contributed by atoms with Gasteiger partial charge in [0, 0.05) is 11.6 Å². The maximum absolute atomic E-state index is 11.9. The third kappa shape index (κ3) is 2.81. The number of fused-ring (bicyclic) bond motifs is 2. The summed E-state index contributed by atoms with van der Waals surface area (Å²) in [6.07, 6.45) is 4.35. The van der Waals surface area contributed by atoms with E-state index >= 15 is 0 Å². The number of benzene rings is 2. The van der Waals surface area contributed by atoms with Gasteiger partial charge in [-0.3, -0.25) is 19.7 Å². The highest BCUT2D eigenvalue weighted by molar-refractivity contribution is 5.84. The third-order valence-electron chi connectivity index (χ3n) is 4.44. The van der Waals surface area contributed by atoms with Crippen molar-refractivity contribution in [3.8, 4) is 17.4 Å². The Bertz CT molecular complexity index is 1380. The first-order valence-electron chi connectivity index (χ1n) is 8.66. The second-order valence-corrected chi connectivity index (χ2v) is 6.14. The Morgan fingerprint density at radius 3 is 2.69 bits per heavy atom. The van der Waals surface area contributed by atoms with Crippen molar-refractivity contribution in [1.29, 1.82) is 0 Å². The van der Waals surface area contributed by atoms with Crippen molar-refractivity contribution < 1.29 is 9.66 Å². The normalized spacial score (nSPS) is 11.0. The van der Waals surface area contributed by atoms with Crippen LogP contribution >= 0.6 is 0 Å². The number of imidazole rings is 1. The van der Waals surface area contributed by atoms with Crippen LogP contribution in [0.3, 0.4) is 0 Å². The molecule has 0 radical (unpaired) electrons. The van der Waals surface area contributed by atoms with E-state index in [0.717, 1.165) is 5.39 Å². The van der Waals surface area contributed by atoms with E-state index in [1.165, 1.54) is 12.7 Å². The molecule has 0 saturated carbocycles. The molecule has 3 heterocycles. The maximum Gasteiger partial charge on any atom is 0.374 e. The van der Waals surface area contributed by atoms with Crippen LogP contribution in [0, 0.1) is 10.1 Å². The van der Waals surface area contributed by atoms with Gasteiger partial charge in [-0.25, -0.2) is 9.97 Å². The van der Waals surface area contributed by atoms with E-state index in [0.29, 0.717) is 22.3 Å². The summed E-state index contributed by atoms with van der Waals surface area (Å²) < 4.78 is 7.39. The van der Waals surface area contributed by atoms with Gasteiger partial charge in [-0.05, 0) is 24.3 Å². The van der Waals surface area contributed by atoms with Crippen LogP contribution in [-0.4, -0.2) is 29.4 Å². The van der Waals surface area contributed by atoms with Crippen LogP contribution in [0.15, 0.2) is 73.4 Å². The Labute approximate surface area is 163 Å². The van der Waals surface area contributed by atoms with Crippen LogP contribution in [0.25, 0.3) is 27.8 Å². The molecule has 0 fully saturated rings. The summed E-state index contributed by atoms with van der Waals surface area (Å²) in [6, 6.07) is 16.3. The van der Waals surface area contributed by atoms with Crippen LogP contribution in [0.1, 0.15) is 0 Å². The molecule has 0 N–H and O–H groups in total. The molecule has 0 spiro atoms. The van der Waals surface area contributed by atoms with Crippen molar-refractivity contribution in [2.24, 2.45) is 0 Å². The zero-order valence-electron chi connectivity index (χ0n) is 14.8. The number of hydrogen-bond donors (Lipinski definition) is 0. The Morgan fingerprint density at radius 1 is 0.931 bits per heavy atom. The lowest BCUT2D eigenvalue weighted by atomic mass is 10.2. The van der Waals surface area contributed by atoms with Gasteiger partial charge in [-0.2, -0.15) is 4.98 Å². The van der Waals surface area contributed by atoms with Crippen LogP contribution in [0.4, 0.5) is 5.69 Å². The van der Waals surface area contributed by atoms with Crippen molar-refractivity contribution in [3.05, 3.63) is 83.6 Å². The lowest BCUT2D eigenvalue weighted by Crippen LogP contribution is -2.05. The van der Waals surface area contributed by atoms with Gasteiger partial charge in [-0.15, -0.1) is 0 Å². The molecule has 0 atom stereocenters. The van der Waals surface area contributed by atoms with Crippen LogP contribution < -0.4 is 4.74 Å². The molecule has 3 aromatic heterocycles. The number of aromatic nitrogens is 5. The van der Waals surface area contributed by atoms with Crippen LogP contribution in [0.2, 0.25) is 0 Å². The third-order valence-corrected chi connectivity index (χ3v) is 4.44. The highest BCUT2D eigenvalue weighted by atomic mass is 16.6. The van der Waals surface area contributed by atoms with E-state index < -0.39 is 4.92 Å². The predicted molar refractivity (Wildman–Crippen MR) is 105 cm³/mol. The molecule has 5 aromatic rings. The van der Waals surface area contributed by atoms with E-state index in [1.54, 1.807) is 22.9 Å². The van der Waals surface area contributed by atoms with Crippen molar-refractivity contribution >= 4 is 27.6 Å². The fourth-order valence-electron chi connectivity index (χ4n) is 3.16. The fourth-order valence-corrected chi connectivity index (χ4v) is 3.16. The molecule has 0 aliphatic heterocycles. The molecule has 9 nitrogen and oxygen atoms in total. The first kappa shape index (κ1) is 16.8. The first-order chi connectivity index (χ1) is 14.2. The molecule has 29 heavy (non-hydrogen) atoms. The van der Waals surface area contributed by atoms with Gasteiger partial charge in [0.2, 0.25) is 5.82 Å². The average molecular weight is 384 g/mol. The number of para-hydroxylation sites is 3. The SMILES string of the molecule is O=[N+]([O-])c1c(Oc2cccc3cccnc23)ncnc1-n1cnc2ccccc21. The fraction of sp³-hybridized carbons (Fsp3) is 0. The van der Waals surface area contributed by atoms with Crippen LogP contribution in [-0.2, 0) is 0 Å². The van der Waals surface area contributed by atoms with Gasteiger partial charge in [0.25, 0.3) is 0 Å². The number of nitrogens with zero attached hydrogens (tertiary/aromatic N) is 6. The smallest absolute Gasteiger partial charge is 0.374 e. The van der Waals surface area contributed by atoms with Crippen molar-refractivity contribution in [3.63, 3.8) is 0 Å². The summed E-state index contributed by atoms with van der Waals surface area (Å²) in [5, 5.41) is 12.8. The largest absolute Gasteiger partial charge is 0.431 e. The van der Waals surface area contributed by atoms with E-state index in [2.05, 4.69) is 19.9 Å². The number of nitro groups is 1. The molecule has 9 heteroatoms. The molecule has 5 rings (SSSR count). The molecule has 0 unspecified atom stereocenters. The van der Waals surface area contributed by atoms with Crippen molar-refractivity contribution in [2.75, 3.05) is 0 Å². The molecule has 0 aliphatic carbocycles. The minimum absolute atomic E-state index is 0.0712. The van der Waals surface area contributed by atoms with E-state index in [-0.39, 0.29) is 17.4 Å². The summed E-state index contributed by atoms with van der Waals surface area (Å²) in [7, 11) is 0. The molecule has 0 aliphatic rings. The van der Waals surface area contributed by atoms with Gasteiger partial charge in [0.1, 0.15) is 18.2 Å². The number of rotatable bonds is 4. The minimum atomic E-state index is -0.558. The van der Waals surface area contributed by atoms with E-state index in [1.807, 2.05) is 42.5 Å². The number of hydrogen-bond acceptors (Lipinski definition) is 7. The van der Waals surface area contributed by atoms with Gasteiger partial charge in [0.15, 0.2) is 5.75 Å². The lowest BCUT2D eigenvalue weighted by molar-refractivity contribution is -0.386. The number of pyridine rings is 1. The van der Waals surface area contributed by atoms with Crippen LogP contribution in [0.5, 0.6) is 11.6 Å². The van der Waals surface area contributed by atoms with Crippen molar-refractivity contribution in [1.82, 2.24) is 24.5 Å². The molecule has 140 valence electrons. The summed E-state index contributed by atoms with van der Waals surface area (Å²) >= 11 is 0. The summed E-state index contributed by atoms with van der Waals surface area (Å²) in [6.45, 7) is 0. The lowest BCUT2D eigenvalue weighted by Gasteiger charge is -2.10. The predicted octanol–water partition coefficient (Wildman–Crippen LogP) is 4.06. The molecule has 0 bridgehead atoms. The monoisotopic (exact) mass is 384 g/mol. The molecule has 0 amide bonds. The molecular weight excluding hydrogens is 372 g/mol. The highest BCUT2D eigenvalue weighted by Gasteiger charge is 2.27. The summed E-state index contributed by atoms with van der Waals surface area (Å²) in [5.41, 5.74) is 1.61. The zero-order valence-corrected chi connectivity index (χ0v) is 14.8. The zero-order chi connectivity index (χ0) is 19.8. The second kappa shape index (κ2) is 6.64. The average Bonchev–Trinajstić information content (AvgIpc) is 3.18. The maximum atomic E-state index is 11.9. The Hall–Kier alpha value is -4.40. The summed E-state index contributed by atoms with van der Waals surface area (Å²) in [4.78, 5) is 28.1. The molecular formula is C20H12N6O3. The van der Waals surface area contributed by atoms with E-state index in [4.69, 9.17) is 4.74 Å². The van der Waals surface area contributed by atoms with E-state index in [9.17, 15) is 10.1 Å². The van der Waals surface area contributed by atoms with Gasteiger partial charge in [0.05, 0.1) is 16.0 Å². The van der Waals surface area contributed by atoms with Crippen molar-refractivity contribution in [2.45, 2.75) is 0 Å². The molecule has 2 aromatic carbocycles. The van der Waals surface area contributed by atoms with Gasteiger partial charge < -0.3 is 4.74 Å². The Kier molecular flexibility index (Phi) is 3.84. The standard InChI is InChI=1S/C20H12N6O3/c27-26(28)18-19(25-12-24-14-7-1-2-8-15(14)25)22-11-23-20(18)29-16-9-3-5-13-6-4-10-21-17(13)16/h1-12H. The van der Waals surface area contributed by atoms with Gasteiger partial charge in [-0.1, -0.05) is 30.3 Å². The highest BCUT2D eigenvalue weighted by Crippen LogP contribution is 2.36. The second-order valence-electron chi connectivity index (χ2n) is 6.14. The quantitative estimate of drug-likeness (QED) is 0.339. The van der Waals surface area contributed by atoms with Gasteiger partial charge >= 0.3 is 11.6 Å². The summed E-state index contributed by atoms with van der Waals surface area (Å²) in [5.74, 6) is 0.268. The number of ether oxygens (including phenoxy) is 1. The first-order valence-corrected chi connectivity index (χ1v) is 8.66. The Morgan fingerprint density at radius 2 is 1.79 bits per heavy atom. The topological polar surface area (TPSA) is 109 Å².